The van der Waals surface area contributed by atoms with E-state index in [1.54, 1.807) is 30.1 Å². The summed E-state index contributed by atoms with van der Waals surface area (Å²) >= 11 is 0. The van der Waals surface area contributed by atoms with Crippen molar-refractivity contribution in [2.45, 2.75) is 12.5 Å². The van der Waals surface area contributed by atoms with Gasteiger partial charge in [0.15, 0.2) is 5.82 Å². The molecule has 0 saturated carbocycles. The first-order chi connectivity index (χ1) is 16.2. The van der Waals surface area contributed by atoms with Crippen molar-refractivity contribution in [2.24, 2.45) is 7.05 Å². The van der Waals surface area contributed by atoms with Crippen molar-refractivity contribution < 1.29 is 23.5 Å². The zero-order chi connectivity index (χ0) is 24.6. The molecule has 1 aromatic carbocycles. The molecule has 1 atom stereocenters. The van der Waals surface area contributed by atoms with E-state index in [0.29, 0.717) is 34.4 Å². The quantitative estimate of drug-likeness (QED) is 0.363. The molecule has 0 aliphatic heterocycles. The number of hydrogen-bond acceptors (Lipinski definition) is 6. The molecule has 12 heteroatoms. The summed E-state index contributed by atoms with van der Waals surface area (Å²) in [4.78, 5) is 45.0. The predicted octanol–water partition coefficient (Wildman–Crippen LogP) is 1.41. The lowest BCUT2D eigenvalue weighted by Crippen LogP contribution is -2.42. The molecule has 0 bridgehead atoms. The largest absolute Gasteiger partial charge is 0.480 e. The first kappa shape index (κ1) is 22.6. The van der Waals surface area contributed by atoms with Gasteiger partial charge in [0.25, 0.3) is 11.5 Å². The van der Waals surface area contributed by atoms with E-state index in [4.69, 9.17) is 5.73 Å². The normalized spacial score (nSPS) is 12.0. The smallest absolute Gasteiger partial charge is 0.326 e. The number of benzene rings is 1. The molecule has 0 radical (unpaired) electrons. The highest BCUT2D eigenvalue weighted by Gasteiger charge is 2.24. The third kappa shape index (κ3) is 4.08. The van der Waals surface area contributed by atoms with Gasteiger partial charge >= 0.3 is 5.97 Å². The number of nitrogens with zero attached hydrogens (tertiary/aromatic N) is 4. The Bertz CT molecular complexity index is 1480. The highest BCUT2D eigenvalue weighted by atomic mass is 19.1. The van der Waals surface area contributed by atoms with Crippen LogP contribution in [0.1, 0.15) is 15.9 Å². The molecule has 4 aromatic rings. The Morgan fingerprint density at radius 2 is 1.94 bits per heavy atom. The van der Waals surface area contributed by atoms with Crippen LogP contribution in [-0.4, -0.2) is 42.4 Å². The fraction of sp³-hybridized carbons (Fsp3) is 0.136. The minimum Gasteiger partial charge on any atom is -0.480 e. The molecule has 0 fully saturated rings. The molecule has 1 amide bonds. The average molecular weight is 468 g/mol. The number of aliphatic carboxylic acids is 1. The predicted molar refractivity (Wildman–Crippen MR) is 117 cm³/mol. The summed E-state index contributed by atoms with van der Waals surface area (Å²) in [6.45, 7) is 0. The number of carboxylic acids is 1. The summed E-state index contributed by atoms with van der Waals surface area (Å²) in [5.74, 6) is -4.28. The summed E-state index contributed by atoms with van der Waals surface area (Å²) in [5, 5.41) is 12.1. The van der Waals surface area contributed by atoms with Crippen LogP contribution in [0, 0.1) is 11.6 Å². The van der Waals surface area contributed by atoms with Gasteiger partial charge < -0.3 is 16.2 Å². The van der Waals surface area contributed by atoms with Crippen LogP contribution in [0.25, 0.3) is 16.7 Å². The fourth-order valence-electron chi connectivity index (χ4n) is 3.51. The molecule has 34 heavy (non-hydrogen) atoms. The standard InChI is InChI=1S/C22H18F2N6O4/c1-29-18-10-26-5-4-12(18)21(32)30(29)19-3-2-11(9-27-19)6-17(22(33)34)28-20(31)13-7-15(24)16(25)8-14(13)23/h2-5,7-10,17H,6,25H2,1H3,(H,28,31)(H,33,34)/t17-/m0/s1. The Morgan fingerprint density at radius 3 is 2.59 bits per heavy atom. The first-order valence-corrected chi connectivity index (χ1v) is 9.92. The van der Waals surface area contributed by atoms with Crippen LogP contribution in [-0.2, 0) is 18.3 Å². The van der Waals surface area contributed by atoms with E-state index < -0.39 is 40.8 Å². The zero-order valence-corrected chi connectivity index (χ0v) is 17.7. The van der Waals surface area contributed by atoms with Gasteiger partial charge in [-0.2, -0.15) is 4.68 Å². The number of hydrogen-bond donors (Lipinski definition) is 3. The Labute approximate surface area is 190 Å². The monoisotopic (exact) mass is 468 g/mol. The summed E-state index contributed by atoms with van der Waals surface area (Å²) in [6, 6.07) is 4.47. The molecule has 174 valence electrons. The number of fused-ring (bicyclic) bond motifs is 1. The number of pyridine rings is 2. The minimum atomic E-state index is -1.45. The van der Waals surface area contributed by atoms with Gasteiger partial charge in [-0.15, -0.1) is 0 Å². The number of aryl methyl sites for hydroxylation is 1. The van der Waals surface area contributed by atoms with Gasteiger partial charge in [0, 0.05) is 31.9 Å². The van der Waals surface area contributed by atoms with E-state index in [2.05, 4.69) is 15.3 Å². The zero-order valence-electron chi connectivity index (χ0n) is 17.7. The van der Waals surface area contributed by atoms with E-state index in [9.17, 15) is 28.3 Å². The highest BCUT2D eigenvalue weighted by Crippen LogP contribution is 2.17. The number of carboxylic acid groups (broad SMARTS) is 1. The van der Waals surface area contributed by atoms with Crippen molar-refractivity contribution in [2.75, 3.05) is 5.73 Å². The molecule has 4 rings (SSSR count). The molecule has 0 spiro atoms. The molecule has 3 heterocycles. The summed E-state index contributed by atoms with van der Waals surface area (Å²) < 4.78 is 30.6. The van der Waals surface area contributed by atoms with Crippen LogP contribution >= 0.6 is 0 Å². The maximum absolute atomic E-state index is 14.0. The van der Waals surface area contributed by atoms with Crippen molar-refractivity contribution in [3.05, 3.63) is 82.0 Å². The van der Waals surface area contributed by atoms with E-state index in [-0.39, 0.29) is 12.0 Å². The van der Waals surface area contributed by atoms with Gasteiger partial charge in [-0.1, -0.05) is 6.07 Å². The number of nitrogens with two attached hydrogens (primary N) is 1. The van der Waals surface area contributed by atoms with Crippen molar-refractivity contribution in [1.82, 2.24) is 24.6 Å². The van der Waals surface area contributed by atoms with E-state index in [0.717, 1.165) is 0 Å². The Kier molecular flexibility index (Phi) is 5.80. The SMILES string of the molecule is Cn1c2cnccc2c(=O)n1-c1ccc(C[C@H](NC(=O)c2cc(F)c(N)cc2F)C(=O)O)cn1. The number of anilines is 1. The Balaban J connectivity index is 1.56. The Morgan fingerprint density at radius 1 is 1.18 bits per heavy atom. The Hall–Kier alpha value is -4.61. The number of halogens is 2. The maximum Gasteiger partial charge on any atom is 0.326 e. The summed E-state index contributed by atoms with van der Waals surface area (Å²) in [7, 11) is 1.68. The van der Waals surface area contributed by atoms with Crippen molar-refractivity contribution in [1.29, 1.82) is 0 Å². The van der Waals surface area contributed by atoms with Gasteiger partial charge in [-0.05, 0) is 23.8 Å². The van der Waals surface area contributed by atoms with Gasteiger partial charge in [0.1, 0.15) is 17.7 Å². The second-order valence-corrected chi connectivity index (χ2v) is 7.48. The topological polar surface area (TPSA) is 145 Å². The third-order valence-corrected chi connectivity index (χ3v) is 5.27. The first-order valence-electron chi connectivity index (χ1n) is 9.92. The summed E-state index contributed by atoms with van der Waals surface area (Å²) in [6.07, 6.45) is 4.23. The minimum absolute atomic E-state index is 0.193. The van der Waals surface area contributed by atoms with Crippen LogP contribution in [0.5, 0.6) is 0 Å². The van der Waals surface area contributed by atoms with Crippen molar-refractivity contribution in [3.8, 4) is 5.82 Å². The van der Waals surface area contributed by atoms with Crippen LogP contribution < -0.4 is 16.6 Å². The number of carbonyl (C=O) groups excluding carboxylic acids is 1. The number of nitrogens with one attached hydrogen (secondary N) is 1. The molecule has 0 aliphatic carbocycles. The lowest BCUT2D eigenvalue weighted by atomic mass is 10.1. The second kappa shape index (κ2) is 8.73. The van der Waals surface area contributed by atoms with Crippen LogP contribution in [0.2, 0.25) is 0 Å². The van der Waals surface area contributed by atoms with Gasteiger partial charge in [-0.3, -0.25) is 19.3 Å². The number of amides is 1. The van der Waals surface area contributed by atoms with Gasteiger partial charge in [0.05, 0.1) is 28.4 Å². The maximum atomic E-state index is 14.0. The highest BCUT2D eigenvalue weighted by molar-refractivity contribution is 5.97. The lowest BCUT2D eigenvalue weighted by Gasteiger charge is -2.15. The number of nitrogen functional groups attached to an aromatic ring is 1. The van der Waals surface area contributed by atoms with Crippen LogP contribution in [0.15, 0.2) is 53.7 Å². The fourth-order valence-corrected chi connectivity index (χ4v) is 3.51. The molecule has 0 saturated heterocycles. The molecule has 0 aliphatic rings. The van der Waals surface area contributed by atoms with E-state index in [1.165, 1.54) is 23.1 Å². The van der Waals surface area contributed by atoms with Crippen molar-refractivity contribution in [3.63, 3.8) is 0 Å². The molecular formula is C22H18F2N6O4. The van der Waals surface area contributed by atoms with Gasteiger partial charge in [0.2, 0.25) is 0 Å². The average Bonchev–Trinajstić information content (AvgIpc) is 3.06. The molecule has 3 aromatic heterocycles. The lowest BCUT2D eigenvalue weighted by molar-refractivity contribution is -0.139. The molecule has 10 nitrogen and oxygen atoms in total. The number of rotatable bonds is 6. The summed E-state index contributed by atoms with van der Waals surface area (Å²) in [5.41, 5.74) is 4.85. The number of carbonyl (C=O) groups is 2. The van der Waals surface area contributed by atoms with E-state index >= 15 is 0 Å². The molecule has 0 unspecified atom stereocenters. The van der Waals surface area contributed by atoms with E-state index in [1.807, 2.05) is 0 Å². The van der Waals surface area contributed by atoms with Crippen LogP contribution in [0.3, 0.4) is 0 Å². The second-order valence-electron chi connectivity index (χ2n) is 7.48. The molecular weight excluding hydrogens is 450 g/mol. The van der Waals surface area contributed by atoms with Crippen LogP contribution in [0.4, 0.5) is 14.5 Å². The molecule has 4 N–H and O–H groups in total. The number of aromatic nitrogens is 4. The van der Waals surface area contributed by atoms with Crippen molar-refractivity contribution >= 4 is 28.5 Å². The third-order valence-electron chi connectivity index (χ3n) is 5.27. The van der Waals surface area contributed by atoms with Gasteiger partial charge in [-0.25, -0.2) is 18.6 Å².